The molecule has 0 bridgehead atoms. The van der Waals surface area contributed by atoms with Gasteiger partial charge in [-0.2, -0.15) is 0 Å². The van der Waals surface area contributed by atoms with Crippen molar-refractivity contribution in [3.63, 3.8) is 0 Å². The van der Waals surface area contributed by atoms with Gasteiger partial charge in [0, 0.05) is 21.6 Å². The summed E-state index contributed by atoms with van der Waals surface area (Å²) < 4.78 is 0.877. The molecule has 1 aromatic heterocycles. The highest BCUT2D eigenvalue weighted by molar-refractivity contribution is 9.10. The van der Waals surface area contributed by atoms with E-state index in [4.69, 9.17) is 0 Å². The lowest BCUT2D eigenvalue weighted by Crippen LogP contribution is -2.62. The van der Waals surface area contributed by atoms with Crippen molar-refractivity contribution in [1.82, 2.24) is 10.6 Å². The molecule has 1 amide bonds. The molecular formula is C14H21BrN2OS. The van der Waals surface area contributed by atoms with E-state index < -0.39 is 0 Å². The summed E-state index contributed by atoms with van der Waals surface area (Å²) in [4.78, 5) is 13.0. The van der Waals surface area contributed by atoms with E-state index in [-0.39, 0.29) is 23.0 Å². The van der Waals surface area contributed by atoms with Crippen LogP contribution in [0.1, 0.15) is 50.2 Å². The van der Waals surface area contributed by atoms with Gasteiger partial charge in [-0.05, 0) is 67.9 Å². The molecule has 0 aromatic carbocycles. The van der Waals surface area contributed by atoms with Gasteiger partial charge in [-0.3, -0.25) is 4.79 Å². The number of carbonyl (C=O) groups is 1. The largest absolute Gasteiger partial charge is 0.348 e. The van der Waals surface area contributed by atoms with E-state index in [2.05, 4.69) is 54.3 Å². The lowest BCUT2D eigenvalue weighted by molar-refractivity contribution is 0.0876. The zero-order valence-electron chi connectivity index (χ0n) is 11.8. The third kappa shape index (κ3) is 3.80. The van der Waals surface area contributed by atoms with Gasteiger partial charge in [0.2, 0.25) is 0 Å². The first-order valence-corrected chi connectivity index (χ1v) is 8.19. The fourth-order valence-corrected chi connectivity index (χ4v) is 4.59. The number of thiophene rings is 1. The first-order chi connectivity index (χ1) is 8.69. The Morgan fingerprint density at radius 2 is 1.95 bits per heavy atom. The molecule has 3 nitrogen and oxygen atoms in total. The van der Waals surface area contributed by atoms with Crippen LogP contribution in [0, 0.1) is 0 Å². The lowest BCUT2D eigenvalue weighted by atomic mass is 9.79. The molecule has 1 aromatic rings. The average molecular weight is 345 g/mol. The Kier molecular flexibility index (Phi) is 4.10. The van der Waals surface area contributed by atoms with Gasteiger partial charge in [-0.25, -0.2) is 0 Å². The summed E-state index contributed by atoms with van der Waals surface area (Å²) in [5, 5.41) is 8.72. The highest BCUT2D eigenvalue weighted by Crippen LogP contribution is 2.29. The van der Waals surface area contributed by atoms with Crippen molar-refractivity contribution in [1.29, 1.82) is 0 Å². The molecule has 19 heavy (non-hydrogen) atoms. The fourth-order valence-electron chi connectivity index (χ4n) is 3.13. The highest BCUT2D eigenvalue weighted by atomic mass is 79.9. The van der Waals surface area contributed by atoms with Crippen LogP contribution in [0.2, 0.25) is 0 Å². The minimum atomic E-state index is 0.0281. The molecule has 0 unspecified atom stereocenters. The van der Waals surface area contributed by atoms with Crippen molar-refractivity contribution in [3.8, 4) is 0 Å². The van der Waals surface area contributed by atoms with Crippen LogP contribution in [0.15, 0.2) is 15.9 Å². The molecular weight excluding hydrogens is 324 g/mol. The second-order valence-electron chi connectivity index (χ2n) is 6.57. The van der Waals surface area contributed by atoms with E-state index >= 15 is 0 Å². The molecule has 2 rings (SSSR count). The van der Waals surface area contributed by atoms with Crippen LogP contribution < -0.4 is 10.6 Å². The number of carbonyl (C=O) groups excluding carboxylic acids is 1. The van der Waals surface area contributed by atoms with Crippen LogP contribution in [-0.4, -0.2) is 23.0 Å². The van der Waals surface area contributed by atoms with Gasteiger partial charge in [-0.15, -0.1) is 11.3 Å². The van der Waals surface area contributed by atoms with Crippen molar-refractivity contribution < 1.29 is 4.79 Å². The van der Waals surface area contributed by atoms with Gasteiger partial charge in [0.1, 0.15) is 4.88 Å². The maximum Gasteiger partial charge on any atom is 0.262 e. The van der Waals surface area contributed by atoms with Crippen LogP contribution in [0.4, 0.5) is 0 Å². The minimum absolute atomic E-state index is 0.0281. The van der Waals surface area contributed by atoms with Crippen LogP contribution >= 0.6 is 27.3 Å². The van der Waals surface area contributed by atoms with E-state index in [0.717, 1.165) is 22.2 Å². The maximum absolute atomic E-state index is 12.3. The Bertz CT molecular complexity index is 466. The summed E-state index contributed by atoms with van der Waals surface area (Å²) in [6.07, 6.45) is 1.90. The monoisotopic (exact) mass is 344 g/mol. The van der Waals surface area contributed by atoms with Gasteiger partial charge >= 0.3 is 0 Å². The Morgan fingerprint density at radius 3 is 2.42 bits per heavy atom. The molecule has 1 saturated heterocycles. The zero-order valence-corrected chi connectivity index (χ0v) is 14.2. The molecule has 0 saturated carbocycles. The van der Waals surface area contributed by atoms with E-state index in [0.29, 0.717) is 0 Å². The maximum atomic E-state index is 12.3. The number of amides is 1. The number of nitrogens with one attached hydrogen (secondary N) is 2. The Hall–Kier alpha value is -0.390. The number of halogens is 1. The number of piperidine rings is 1. The van der Waals surface area contributed by atoms with Crippen LogP contribution in [0.5, 0.6) is 0 Å². The minimum Gasteiger partial charge on any atom is -0.348 e. The third-order valence-corrected chi connectivity index (χ3v) is 5.19. The van der Waals surface area contributed by atoms with Crippen molar-refractivity contribution in [2.24, 2.45) is 0 Å². The second-order valence-corrected chi connectivity index (χ2v) is 8.34. The molecule has 0 spiro atoms. The predicted molar refractivity (Wildman–Crippen MR) is 83.8 cm³/mol. The average Bonchev–Trinajstić information content (AvgIpc) is 2.58. The van der Waals surface area contributed by atoms with Gasteiger partial charge in [0.15, 0.2) is 0 Å². The van der Waals surface area contributed by atoms with Gasteiger partial charge in [-0.1, -0.05) is 0 Å². The Morgan fingerprint density at radius 1 is 1.37 bits per heavy atom. The molecule has 1 aliphatic heterocycles. The third-order valence-electron chi connectivity index (χ3n) is 3.35. The molecule has 2 heterocycles. The van der Waals surface area contributed by atoms with Crippen LogP contribution in [0.3, 0.4) is 0 Å². The predicted octanol–water partition coefficient (Wildman–Crippen LogP) is 3.55. The number of rotatable bonds is 2. The fraction of sp³-hybridized carbons (Fsp3) is 0.643. The quantitative estimate of drug-likeness (QED) is 0.861. The summed E-state index contributed by atoms with van der Waals surface area (Å²) in [5.74, 6) is 0.0281. The first-order valence-electron chi connectivity index (χ1n) is 6.52. The van der Waals surface area contributed by atoms with Gasteiger partial charge < -0.3 is 10.6 Å². The molecule has 106 valence electrons. The van der Waals surface area contributed by atoms with Crippen molar-refractivity contribution in [2.75, 3.05) is 0 Å². The normalized spacial score (nSPS) is 22.2. The molecule has 0 atom stereocenters. The van der Waals surface area contributed by atoms with E-state index in [1.165, 1.54) is 11.3 Å². The SMILES string of the molecule is CC1(C)CC(NC(=O)c2sccc2Br)CC(C)(C)N1. The summed E-state index contributed by atoms with van der Waals surface area (Å²) in [6.45, 7) is 8.75. The zero-order chi connectivity index (χ0) is 14.3. The standard InChI is InChI=1S/C14H21BrN2OS/c1-13(2)7-9(8-14(3,4)17-13)16-12(18)11-10(15)5-6-19-11/h5-6,9,17H,7-8H2,1-4H3,(H,16,18). The topological polar surface area (TPSA) is 41.1 Å². The molecule has 1 fully saturated rings. The van der Waals surface area contributed by atoms with E-state index in [9.17, 15) is 4.79 Å². The summed E-state index contributed by atoms with van der Waals surface area (Å²) in [6, 6.07) is 2.13. The highest BCUT2D eigenvalue weighted by Gasteiger charge is 2.38. The summed E-state index contributed by atoms with van der Waals surface area (Å²) >= 11 is 4.89. The van der Waals surface area contributed by atoms with Crippen LogP contribution in [-0.2, 0) is 0 Å². The second kappa shape index (κ2) is 5.19. The Labute approximate surface area is 127 Å². The molecule has 0 aliphatic carbocycles. The van der Waals surface area contributed by atoms with Crippen molar-refractivity contribution in [3.05, 3.63) is 20.8 Å². The molecule has 0 radical (unpaired) electrons. The smallest absolute Gasteiger partial charge is 0.262 e. The first kappa shape index (κ1) is 15.0. The van der Waals surface area contributed by atoms with Gasteiger partial charge in [0.05, 0.1) is 0 Å². The van der Waals surface area contributed by atoms with Gasteiger partial charge in [0.25, 0.3) is 5.91 Å². The molecule has 2 N–H and O–H groups in total. The van der Waals surface area contributed by atoms with Crippen LogP contribution in [0.25, 0.3) is 0 Å². The molecule has 5 heteroatoms. The number of hydrogen-bond acceptors (Lipinski definition) is 3. The lowest BCUT2D eigenvalue weighted by Gasteiger charge is -2.46. The summed E-state index contributed by atoms with van der Waals surface area (Å²) in [7, 11) is 0. The number of hydrogen-bond donors (Lipinski definition) is 2. The van der Waals surface area contributed by atoms with E-state index in [1.807, 2.05) is 11.4 Å². The van der Waals surface area contributed by atoms with Crippen molar-refractivity contribution >= 4 is 33.2 Å². The van der Waals surface area contributed by atoms with Crippen molar-refractivity contribution in [2.45, 2.75) is 57.7 Å². The Balaban J connectivity index is 2.07. The molecule has 1 aliphatic rings. The van der Waals surface area contributed by atoms with E-state index in [1.54, 1.807) is 0 Å². The summed E-state index contributed by atoms with van der Waals surface area (Å²) in [5.41, 5.74) is 0.0960.